The largest absolute Gasteiger partial charge is 0.287 e. The maximum absolute atomic E-state index is 12.6. The molecule has 1 aromatic carbocycles. The van der Waals surface area contributed by atoms with Crippen molar-refractivity contribution in [2.45, 2.75) is 0 Å². The molecule has 0 amide bonds. The maximum Gasteiger partial charge on any atom is 0.256 e. The number of hydrogen-bond donors (Lipinski definition) is 0. The van der Waals surface area contributed by atoms with Crippen molar-refractivity contribution in [2.24, 2.45) is 0 Å². The third kappa shape index (κ3) is 2.51. The van der Waals surface area contributed by atoms with Gasteiger partial charge in [0.1, 0.15) is 5.82 Å². The lowest BCUT2D eigenvalue weighted by Gasteiger charge is -2.10. The number of benzene rings is 1. The summed E-state index contributed by atoms with van der Waals surface area (Å²) in [5.41, 5.74) is 0.552. The maximum atomic E-state index is 12.6. The van der Waals surface area contributed by atoms with Gasteiger partial charge >= 0.3 is 0 Å². The van der Waals surface area contributed by atoms with E-state index in [-0.39, 0.29) is 11.3 Å². The summed E-state index contributed by atoms with van der Waals surface area (Å²) in [4.78, 5) is 28.9. The van der Waals surface area contributed by atoms with Gasteiger partial charge < -0.3 is 0 Å². The molecule has 4 heteroatoms. The summed E-state index contributed by atoms with van der Waals surface area (Å²) < 4.78 is 1.33. The zero-order valence-corrected chi connectivity index (χ0v) is 11.1. The first-order valence-electron chi connectivity index (χ1n) is 6.50. The normalized spacial score (nSPS) is 10.3. The molecule has 0 unspecified atom stereocenters. The highest BCUT2D eigenvalue weighted by molar-refractivity contribution is 6.08. The van der Waals surface area contributed by atoms with Crippen LogP contribution < -0.4 is 5.56 Å². The van der Waals surface area contributed by atoms with Crippen LogP contribution in [0.1, 0.15) is 16.1 Å². The molecule has 0 atom stereocenters. The van der Waals surface area contributed by atoms with E-state index in [9.17, 15) is 9.59 Å². The first-order valence-corrected chi connectivity index (χ1v) is 6.50. The highest BCUT2D eigenvalue weighted by Crippen LogP contribution is 2.11. The molecule has 4 nitrogen and oxygen atoms in total. The molecule has 0 saturated carbocycles. The van der Waals surface area contributed by atoms with Crippen LogP contribution in [0.2, 0.25) is 0 Å². The molecule has 3 rings (SSSR count). The van der Waals surface area contributed by atoms with E-state index in [0.29, 0.717) is 17.1 Å². The number of nitrogens with zero attached hydrogens (tertiary/aromatic N) is 2. The Labute approximate surface area is 121 Å². The van der Waals surface area contributed by atoms with Crippen LogP contribution in [0.3, 0.4) is 0 Å². The third-order valence-corrected chi connectivity index (χ3v) is 3.10. The average molecular weight is 276 g/mol. The summed E-state index contributed by atoms with van der Waals surface area (Å²) in [7, 11) is 0. The molecule has 0 aliphatic carbocycles. The smallest absolute Gasteiger partial charge is 0.256 e. The summed E-state index contributed by atoms with van der Waals surface area (Å²) in [6, 6.07) is 18.7. The van der Waals surface area contributed by atoms with Gasteiger partial charge in [0.05, 0.1) is 5.69 Å². The van der Waals surface area contributed by atoms with E-state index in [4.69, 9.17) is 0 Å². The second kappa shape index (κ2) is 5.54. The molecule has 2 aromatic heterocycles. The Morgan fingerprint density at radius 3 is 2.33 bits per heavy atom. The Kier molecular flexibility index (Phi) is 3.43. The van der Waals surface area contributed by atoms with Crippen LogP contribution >= 0.6 is 0 Å². The minimum atomic E-state index is -0.282. The fourth-order valence-corrected chi connectivity index (χ4v) is 2.13. The standard InChI is InChI=1S/C17H12N2O2/c20-16-11-6-9-14(17(21)13-7-2-1-3-8-13)19(16)15-10-4-5-12-18-15/h1-12H. The predicted molar refractivity (Wildman–Crippen MR) is 79.7 cm³/mol. The van der Waals surface area contributed by atoms with Gasteiger partial charge in [0.2, 0.25) is 5.78 Å². The molecule has 0 saturated heterocycles. The van der Waals surface area contributed by atoms with Gasteiger partial charge in [-0.2, -0.15) is 0 Å². The summed E-state index contributed by atoms with van der Waals surface area (Å²) in [6.45, 7) is 0. The van der Waals surface area contributed by atoms with E-state index in [0.717, 1.165) is 0 Å². The quantitative estimate of drug-likeness (QED) is 0.690. The average Bonchev–Trinajstić information content (AvgIpc) is 2.55. The predicted octanol–water partition coefficient (Wildman–Crippen LogP) is 2.46. The Bertz CT molecular complexity index is 824. The molecule has 0 aliphatic rings. The molecule has 0 spiro atoms. The Balaban J connectivity index is 2.19. The van der Waals surface area contributed by atoms with E-state index in [1.54, 1.807) is 60.8 Å². The van der Waals surface area contributed by atoms with E-state index >= 15 is 0 Å². The third-order valence-electron chi connectivity index (χ3n) is 3.10. The zero-order chi connectivity index (χ0) is 14.7. The Morgan fingerprint density at radius 2 is 1.62 bits per heavy atom. The zero-order valence-electron chi connectivity index (χ0n) is 11.1. The molecule has 0 radical (unpaired) electrons. The number of pyridine rings is 2. The highest BCUT2D eigenvalue weighted by atomic mass is 16.1. The molecule has 0 fully saturated rings. The summed E-state index contributed by atoms with van der Waals surface area (Å²) in [6.07, 6.45) is 1.59. The van der Waals surface area contributed by atoms with Gasteiger partial charge in [0, 0.05) is 17.8 Å². The molecule has 0 aliphatic heterocycles. The lowest BCUT2D eigenvalue weighted by molar-refractivity contribution is 0.103. The lowest BCUT2D eigenvalue weighted by atomic mass is 10.1. The number of aromatic nitrogens is 2. The molecular formula is C17H12N2O2. The van der Waals surface area contributed by atoms with Crippen LogP contribution in [0.15, 0.2) is 77.7 Å². The number of ketones is 1. The van der Waals surface area contributed by atoms with Crippen LogP contribution in [-0.4, -0.2) is 15.3 Å². The first kappa shape index (κ1) is 13.0. The first-order chi connectivity index (χ1) is 10.3. The van der Waals surface area contributed by atoms with Crippen molar-refractivity contribution in [3.05, 3.63) is 94.5 Å². The van der Waals surface area contributed by atoms with Crippen molar-refractivity contribution >= 4 is 5.78 Å². The molecule has 21 heavy (non-hydrogen) atoms. The molecule has 3 aromatic rings. The van der Waals surface area contributed by atoms with E-state index in [2.05, 4.69) is 4.98 Å². The summed E-state index contributed by atoms with van der Waals surface area (Å²) in [5, 5.41) is 0. The molecule has 2 heterocycles. The molecule has 102 valence electrons. The molecule has 0 bridgehead atoms. The van der Waals surface area contributed by atoms with Gasteiger partial charge in [-0.1, -0.05) is 42.5 Å². The topological polar surface area (TPSA) is 52.0 Å². The Hall–Kier alpha value is -3.01. The minimum Gasteiger partial charge on any atom is -0.287 e. The fraction of sp³-hybridized carbons (Fsp3) is 0. The van der Waals surface area contributed by atoms with Crippen molar-refractivity contribution in [1.82, 2.24) is 9.55 Å². The van der Waals surface area contributed by atoms with Crippen molar-refractivity contribution in [3.8, 4) is 5.82 Å². The van der Waals surface area contributed by atoms with Crippen LogP contribution in [0, 0.1) is 0 Å². The van der Waals surface area contributed by atoms with Gasteiger partial charge in [-0.05, 0) is 18.2 Å². The second-order valence-corrected chi connectivity index (χ2v) is 4.47. The van der Waals surface area contributed by atoms with Gasteiger partial charge in [-0.15, -0.1) is 0 Å². The van der Waals surface area contributed by atoms with Crippen molar-refractivity contribution in [1.29, 1.82) is 0 Å². The molecular weight excluding hydrogens is 264 g/mol. The van der Waals surface area contributed by atoms with Crippen LogP contribution in [0.4, 0.5) is 0 Å². The van der Waals surface area contributed by atoms with Gasteiger partial charge in [0.15, 0.2) is 0 Å². The monoisotopic (exact) mass is 276 g/mol. The fourth-order valence-electron chi connectivity index (χ4n) is 2.13. The van der Waals surface area contributed by atoms with Gasteiger partial charge in [-0.25, -0.2) is 4.98 Å². The summed E-state index contributed by atoms with van der Waals surface area (Å²) >= 11 is 0. The Morgan fingerprint density at radius 1 is 0.857 bits per heavy atom. The SMILES string of the molecule is O=C(c1ccccc1)c1cccc(=O)n1-c1ccccn1. The lowest BCUT2D eigenvalue weighted by Crippen LogP contribution is -2.24. The number of hydrogen-bond acceptors (Lipinski definition) is 3. The van der Waals surface area contributed by atoms with Crippen molar-refractivity contribution < 1.29 is 4.79 Å². The van der Waals surface area contributed by atoms with E-state index in [1.807, 2.05) is 6.07 Å². The van der Waals surface area contributed by atoms with E-state index in [1.165, 1.54) is 10.6 Å². The molecule has 0 N–H and O–H groups in total. The van der Waals surface area contributed by atoms with Crippen molar-refractivity contribution in [3.63, 3.8) is 0 Å². The number of carbonyl (C=O) groups is 1. The van der Waals surface area contributed by atoms with E-state index < -0.39 is 0 Å². The highest BCUT2D eigenvalue weighted by Gasteiger charge is 2.15. The summed E-state index contributed by atoms with van der Waals surface area (Å²) in [5.74, 6) is 0.223. The van der Waals surface area contributed by atoms with Crippen molar-refractivity contribution in [2.75, 3.05) is 0 Å². The van der Waals surface area contributed by atoms with Gasteiger partial charge in [-0.3, -0.25) is 14.2 Å². The second-order valence-electron chi connectivity index (χ2n) is 4.47. The minimum absolute atomic E-state index is 0.209. The number of carbonyl (C=O) groups excluding carboxylic acids is 1. The number of rotatable bonds is 3. The van der Waals surface area contributed by atoms with Crippen LogP contribution in [0.25, 0.3) is 5.82 Å². The van der Waals surface area contributed by atoms with Crippen LogP contribution in [-0.2, 0) is 0 Å². The van der Waals surface area contributed by atoms with Crippen LogP contribution in [0.5, 0.6) is 0 Å². The van der Waals surface area contributed by atoms with Gasteiger partial charge in [0.25, 0.3) is 5.56 Å².